The van der Waals surface area contributed by atoms with Crippen LogP contribution in [0.4, 0.5) is 4.53 Å². The molecule has 64 valence electrons. The lowest BCUT2D eigenvalue weighted by Crippen LogP contribution is -1.96. The van der Waals surface area contributed by atoms with Crippen LogP contribution in [0.3, 0.4) is 0 Å². The summed E-state index contributed by atoms with van der Waals surface area (Å²) in [5.41, 5.74) is 0. The molecule has 0 saturated carbocycles. The van der Waals surface area contributed by atoms with Gasteiger partial charge in [-0.1, -0.05) is 0 Å². The van der Waals surface area contributed by atoms with Gasteiger partial charge in [0.15, 0.2) is 11.5 Å². The van der Waals surface area contributed by atoms with E-state index in [0.717, 1.165) is 0 Å². The van der Waals surface area contributed by atoms with Crippen molar-refractivity contribution in [3.8, 4) is 0 Å². The van der Waals surface area contributed by atoms with Crippen molar-refractivity contribution >= 4 is 11.8 Å². The Morgan fingerprint density at radius 1 is 1.42 bits per heavy atom. The van der Waals surface area contributed by atoms with Gasteiger partial charge in [-0.05, 0) is 12.1 Å². The molecule has 1 aromatic heterocycles. The molecule has 0 saturated heterocycles. The highest BCUT2D eigenvalue weighted by atomic mass is 19.3. The van der Waals surface area contributed by atoms with E-state index in [1.807, 2.05) is 0 Å². The molecule has 0 fully saturated rings. The van der Waals surface area contributed by atoms with Crippen LogP contribution >= 0.6 is 0 Å². The molecule has 4 nitrogen and oxygen atoms in total. The second-order valence-electron chi connectivity index (χ2n) is 2.08. The lowest BCUT2D eigenvalue weighted by atomic mass is 10.3. The Labute approximate surface area is 66.8 Å². The van der Waals surface area contributed by atoms with Crippen LogP contribution in [-0.4, -0.2) is 11.8 Å². The maximum Gasteiger partial charge on any atom is 0.414 e. The fraction of sp³-hybridized carbons (Fsp3) is 0.143. The molecule has 1 aromatic rings. The summed E-state index contributed by atoms with van der Waals surface area (Å²) in [5, 5.41) is 0. The van der Waals surface area contributed by atoms with E-state index < -0.39 is 5.97 Å². The summed E-state index contributed by atoms with van der Waals surface area (Å²) in [6, 6.07) is 2.44. The summed E-state index contributed by atoms with van der Waals surface area (Å²) < 4.78 is 15.9. The number of hydrogen-bond donors (Lipinski definition) is 0. The molecule has 0 amide bonds. The molecule has 0 spiro atoms. The number of carbonyl (C=O) groups excluding carboxylic acids is 2. The number of ketones is 1. The summed E-state index contributed by atoms with van der Waals surface area (Å²) in [7, 11) is 0. The minimum atomic E-state index is -1.25. The van der Waals surface area contributed by atoms with Gasteiger partial charge in [-0.15, -0.1) is 0 Å². The zero-order valence-electron chi connectivity index (χ0n) is 6.17. The molecule has 0 aliphatic heterocycles. The van der Waals surface area contributed by atoms with Gasteiger partial charge in [-0.3, -0.25) is 4.79 Å². The summed E-state index contributed by atoms with van der Waals surface area (Å²) in [6.07, 6.45) is 0. The van der Waals surface area contributed by atoms with E-state index in [9.17, 15) is 14.1 Å². The van der Waals surface area contributed by atoms with Crippen molar-refractivity contribution in [1.29, 1.82) is 0 Å². The Balaban J connectivity index is 2.91. The standard InChI is InChI=1S/C7H5FO4/c1-4(9)5-2-3-6(11-5)7(10)12-8/h2-3H,1H3. The first-order valence-electron chi connectivity index (χ1n) is 3.09. The highest BCUT2D eigenvalue weighted by molar-refractivity contribution is 5.93. The average molecular weight is 172 g/mol. The van der Waals surface area contributed by atoms with Gasteiger partial charge < -0.3 is 4.42 Å². The maximum atomic E-state index is 11.3. The molecule has 1 rings (SSSR count). The van der Waals surface area contributed by atoms with Crippen LogP contribution in [0.5, 0.6) is 0 Å². The molecule has 0 aliphatic carbocycles. The van der Waals surface area contributed by atoms with Gasteiger partial charge in [0.2, 0.25) is 5.76 Å². The highest BCUT2D eigenvalue weighted by Gasteiger charge is 2.14. The Morgan fingerprint density at radius 2 is 2.00 bits per heavy atom. The molecule has 0 bridgehead atoms. The molecule has 0 unspecified atom stereocenters. The Bertz CT molecular complexity index is 315. The van der Waals surface area contributed by atoms with E-state index in [2.05, 4.69) is 9.36 Å². The number of hydrogen-bond acceptors (Lipinski definition) is 4. The Morgan fingerprint density at radius 3 is 2.42 bits per heavy atom. The van der Waals surface area contributed by atoms with Crippen LogP contribution in [0.2, 0.25) is 0 Å². The Kier molecular flexibility index (Phi) is 2.23. The lowest BCUT2D eigenvalue weighted by molar-refractivity contribution is -0.0812. The zero-order valence-corrected chi connectivity index (χ0v) is 6.17. The number of furan rings is 1. The number of Topliss-reactive ketones (excluding diaryl/α,β-unsaturated/α-hetero) is 1. The van der Waals surface area contributed by atoms with Gasteiger partial charge in [0, 0.05) is 11.4 Å². The van der Waals surface area contributed by atoms with Crippen molar-refractivity contribution in [3.05, 3.63) is 23.7 Å². The molecule has 0 aliphatic rings. The van der Waals surface area contributed by atoms with Gasteiger partial charge in [0.1, 0.15) is 0 Å². The second-order valence-corrected chi connectivity index (χ2v) is 2.08. The fourth-order valence-corrected chi connectivity index (χ4v) is 0.675. The monoisotopic (exact) mass is 172 g/mol. The van der Waals surface area contributed by atoms with Gasteiger partial charge in [0.05, 0.1) is 0 Å². The number of halogens is 1. The van der Waals surface area contributed by atoms with Gasteiger partial charge >= 0.3 is 5.97 Å². The van der Waals surface area contributed by atoms with Crippen molar-refractivity contribution in [2.45, 2.75) is 6.92 Å². The molecule has 5 heteroatoms. The van der Waals surface area contributed by atoms with Crippen molar-refractivity contribution < 1.29 is 23.5 Å². The minimum absolute atomic E-state index is 0.00426. The molecule has 0 N–H and O–H groups in total. The third kappa shape index (κ3) is 1.50. The summed E-state index contributed by atoms with van der Waals surface area (Å²) >= 11 is 0. The molecule has 0 radical (unpaired) electrons. The van der Waals surface area contributed by atoms with E-state index in [1.54, 1.807) is 0 Å². The van der Waals surface area contributed by atoms with E-state index in [1.165, 1.54) is 19.1 Å². The molecule has 0 atom stereocenters. The molecule has 12 heavy (non-hydrogen) atoms. The smallest absolute Gasteiger partial charge is 0.414 e. The van der Waals surface area contributed by atoms with Crippen molar-refractivity contribution in [1.82, 2.24) is 0 Å². The van der Waals surface area contributed by atoms with Crippen molar-refractivity contribution in [2.75, 3.05) is 0 Å². The third-order valence-electron chi connectivity index (χ3n) is 1.22. The molecule has 0 aromatic carbocycles. The molecule has 1 heterocycles. The predicted octanol–water partition coefficient (Wildman–Crippen LogP) is 1.52. The first-order valence-corrected chi connectivity index (χ1v) is 3.09. The normalized spacial score (nSPS) is 9.50. The van der Waals surface area contributed by atoms with Crippen LogP contribution in [0.25, 0.3) is 0 Å². The fourth-order valence-electron chi connectivity index (χ4n) is 0.675. The van der Waals surface area contributed by atoms with E-state index in [-0.39, 0.29) is 17.3 Å². The molecular weight excluding hydrogens is 167 g/mol. The van der Waals surface area contributed by atoms with E-state index in [4.69, 9.17) is 0 Å². The second kappa shape index (κ2) is 3.17. The van der Waals surface area contributed by atoms with Gasteiger partial charge in [0.25, 0.3) is 0 Å². The minimum Gasteiger partial charge on any atom is -0.446 e. The van der Waals surface area contributed by atoms with Crippen LogP contribution in [0.1, 0.15) is 28.0 Å². The summed E-state index contributed by atoms with van der Waals surface area (Å²) in [6.45, 7) is 1.27. The third-order valence-corrected chi connectivity index (χ3v) is 1.22. The van der Waals surface area contributed by atoms with Crippen LogP contribution in [0.15, 0.2) is 16.5 Å². The largest absolute Gasteiger partial charge is 0.446 e. The van der Waals surface area contributed by atoms with Crippen LogP contribution < -0.4 is 0 Å². The van der Waals surface area contributed by atoms with E-state index in [0.29, 0.717) is 0 Å². The van der Waals surface area contributed by atoms with Crippen molar-refractivity contribution in [3.63, 3.8) is 0 Å². The van der Waals surface area contributed by atoms with Gasteiger partial charge in [-0.25, -0.2) is 9.74 Å². The SMILES string of the molecule is CC(=O)c1ccc(C(=O)OF)o1. The zero-order chi connectivity index (χ0) is 9.14. The topological polar surface area (TPSA) is 56.5 Å². The van der Waals surface area contributed by atoms with E-state index >= 15 is 0 Å². The number of carbonyl (C=O) groups is 2. The van der Waals surface area contributed by atoms with Crippen LogP contribution in [0, 0.1) is 0 Å². The predicted molar refractivity (Wildman–Crippen MR) is 35.2 cm³/mol. The lowest BCUT2D eigenvalue weighted by Gasteiger charge is -1.87. The summed E-state index contributed by atoms with van der Waals surface area (Å²) in [5.74, 6) is -1.92. The Hall–Kier alpha value is -1.65. The number of rotatable bonds is 2. The first kappa shape index (κ1) is 8.45. The maximum absolute atomic E-state index is 11.3. The highest BCUT2D eigenvalue weighted by Crippen LogP contribution is 2.09. The summed E-state index contributed by atoms with van der Waals surface area (Å²) in [4.78, 5) is 24.0. The van der Waals surface area contributed by atoms with Crippen LogP contribution in [-0.2, 0) is 4.94 Å². The quantitative estimate of drug-likeness (QED) is 0.634. The van der Waals surface area contributed by atoms with Gasteiger partial charge in [-0.2, -0.15) is 0 Å². The first-order chi connectivity index (χ1) is 5.65. The molecular formula is C7H5FO4. The van der Waals surface area contributed by atoms with Crippen molar-refractivity contribution in [2.24, 2.45) is 0 Å². The average Bonchev–Trinajstić information content (AvgIpc) is 2.51.